The Kier molecular flexibility index (Phi) is 8.60. The standard InChI is InChI=1S/C22H23Cl2N5O3S/c1-4-29-20(13(2)25-21(31)15-10-9-14(23)11-16(15)24)27-28-22(29)33-12-19(30)26-17-7-5-6-8-18(17)32-3/h5-11,13H,4,12H2,1-3H3,(H,25,31)(H,26,30)/t13-/m0/s1. The van der Waals surface area contributed by atoms with Crippen LogP contribution in [-0.4, -0.2) is 39.4 Å². The predicted octanol–water partition coefficient (Wildman–Crippen LogP) is 4.84. The zero-order chi connectivity index (χ0) is 24.0. The maximum Gasteiger partial charge on any atom is 0.253 e. The van der Waals surface area contributed by atoms with E-state index in [1.54, 1.807) is 38.3 Å². The van der Waals surface area contributed by atoms with Gasteiger partial charge in [-0.05, 0) is 44.2 Å². The van der Waals surface area contributed by atoms with Crippen molar-refractivity contribution in [2.75, 3.05) is 18.2 Å². The molecule has 1 heterocycles. The topological polar surface area (TPSA) is 98.1 Å². The third-order valence-electron chi connectivity index (χ3n) is 4.69. The van der Waals surface area contributed by atoms with Crippen molar-refractivity contribution in [2.24, 2.45) is 0 Å². The Morgan fingerprint density at radius 2 is 1.94 bits per heavy atom. The number of aromatic nitrogens is 3. The van der Waals surface area contributed by atoms with E-state index < -0.39 is 6.04 Å². The smallest absolute Gasteiger partial charge is 0.253 e. The number of ether oxygens (including phenoxy) is 1. The number of benzene rings is 2. The molecule has 0 fully saturated rings. The number of amides is 2. The molecular weight excluding hydrogens is 485 g/mol. The lowest BCUT2D eigenvalue weighted by atomic mass is 10.2. The molecule has 0 aliphatic rings. The van der Waals surface area contributed by atoms with Gasteiger partial charge in [0.15, 0.2) is 11.0 Å². The summed E-state index contributed by atoms with van der Waals surface area (Å²) in [4.78, 5) is 25.1. The summed E-state index contributed by atoms with van der Waals surface area (Å²) in [6.07, 6.45) is 0. The van der Waals surface area contributed by atoms with Crippen LogP contribution in [0.5, 0.6) is 5.75 Å². The summed E-state index contributed by atoms with van der Waals surface area (Å²) in [7, 11) is 1.55. The molecule has 0 unspecified atom stereocenters. The van der Waals surface area contributed by atoms with Crippen LogP contribution in [0.15, 0.2) is 47.6 Å². The molecule has 8 nitrogen and oxygen atoms in total. The number of halogens is 2. The van der Waals surface area contributed by atoms with E-state index in [9.17, 15) is 9.59 Å². The minimum absolute atomic E-state index is 0.136. The Bertz CT molecular complexity index is 1150. The van der Waals surface area contributed by atoms with Gasteiger partial charge in [-0.15, -0.1) is 10.2 Å². The molecule has 174 valence electrons. The van der Waals surface area contributed by atoms with E-state index in [1.165, 1.54) is 17.8 Å². The number of methoxy groups -OCH3 is 1. The SMILES string of the molecule is CCn1c(SCC(=O)Nc2ccccc2OC)nnc1[C@H](C)NC(=O)c1ccc(Cl)cc1Cl. The fraction of sp³-hybridized carbons (Fsp3) is 0.273. The minimum Gasteiger partial charge on any atom is -0.495 e. The number of para-hydroxylation sites is 2. The Balaban J connectivity index is 1.65. The van der Waals surface area contributed by atoms with Gasteiger partial charge in [0, 0.05) is 11.6 Å². The summed E-state index contributed by atoms with van der Waals surface area (Å²) in [5, 5.41) is 15.4. The number of carbonyl (C=O) groups is 2. The van der Waals surface area contributed by atoms with Crippen molar-refractivity contribution < 1.29 is 14.3 Å². The Hall–Kier alpha value is -2.75. The molecule has 0 aliphatic heterocycles. The van der Waals surface area contributed by atoms with E-state index in [0.717, 1.165) is 0 Å². The van der Waals surface area contributed by atoms with Gasteiger partial charge in [0.25, 0.3) is 5.91 Å². The van der Waals surface area contributed by atoms with E-state index >= 15 is 0 Å². The van der Waals surface area contributed by atoms with Crippen LogP contribution in [0.4, 0.5) is 5.69 Å². The summed E-state index contributed by atoms with van der Waals surface area (Å²) in [6, 6.07) is 11.4. The van der Waals surface area contributed by atoms with E-state index in [2.05, 4.69) is 20.8 Å². The fourth-order valence-electron chi connectivity index (χ4n) is 3.10. The average molecular weight is 508 g/mol. The van der Waals surface area contributed by atoms with Crippen molar-refractivity contribution in [2.45, 2.75) is 31.6 Å². The van der Waals surface area contributed by atoms with Gasteiger partial charge in [0.05, 0.1) is 35.2 Å². The molecule has 2 aromatic carbocycles. The molecule has 2 amide bonds. The highest BCUT2D eigenvalue weighted by Crippen LogP contribution is 2.25. The van der Waals surface area contributed by atoms with Crippen LogP contribution in [0.3, 0.4) is 0 Å². The number of nitrogens with one attached hydrogen (secondary N) is 2. The summed E-state index contributed by atoms with van der Waals surface area (Å²) in [5.41, 5.74) is 0.915. The number of hydrogen-bond donors (Lipinski definition) is 2. The van der Waals surface area contributed by atoms with Gasteiger partial charge < -0.3 is 19.9 Å². The second-order valence-electron chi connectivity index (χ2n) is 6.94. The van der Waals surface area contributed by atoms with Crippen molar-refractivity contribution in [3.8, 4) is 5.75 Å². The zero-order valence-electron chi connectivity index (χ0n) is 18.3. The largest absolute Gasteiger partial charge is 0.495 e. The van der Waals surface area contributed by atoms with Gasteiger partial charge in [0.2, 0.25) is 5.91 Å². The Morgan fingerprint density at radius 3 is 2.64 bits per heavy atom. The third-order valence-corrected chi connectivity index (χ3v) is 6.20. The number of thioether (sulfide) groups is 1. The summed E-state index contributed by atoms with van der Waals surface area (Å²) < 4.78 is 7.11. The molecule has 0 bridgehead atoms. The number of rotatable bonds is 9. The van der Waals surface area contributed by atoms with Crippen LogP contribution >= 0.6 is 35.0 Å². The van der Waals surface area contributed by atoms with Crippen LogP contribution in [0.25, 0.3) is 0 Å². The second-order valence-corrected chi connectivity index (χ2v) is 8.73. The van der Waals surface area contributed by atoms with Crippen LogP contribution in [-0.2, 0) is 11.3 Å². The molecule has 11 heteroatoms. The molecule has 2 N–H and O–H groups in total. The first-order valence-electron chi connectivity index (χ1n) is 10.1. The molecule has 0 aliphatic carbocycles. The summed E-state index contributed by atoms with van der Waals surface area (Å²) in [5.74, 6) is 0.747. The normalized spacial score (nSPS) is 11.7. The first kappa shape index (κ1) is 24.9. The first-order chi connectivity index (χ1) is 15.8. The molecule has 1 atom stereocenters. The van der Waals surface area contributed by atoms with Crippen LogP contribution in [0, 0.1) is 0 Å². The van der Waals surface area contributed by atoms with Crippen molar-refractivity contribution in [3.63, 3.8) is 0 Å². The number of nitrogens with zero attached hydrogens (tertiary/aromatic N) is 3. The van der Waals surface area contributed by atoms with Crippen molar-refractivity contribution in [3.05, 3.63) is 63.9 Å². The van der Waals surface area contributed by atoms with Crippen LogP contribution < -0.4 is 15.4 Å². The van der Waals surface area contributed by atoms with Crippen molar-refractivity contribution in [1.29, 1.82) is 0 Å². The van der Waals surface area contributed by atoms with Gasteiger partial charge >= 0.3 is 0 Å². The van der Waals surface area contributed by atoms with Crippen molar-refractivity contribution in [1.82, 2.24) is 20.1 Å². The first-order valence-corrected chi connectivity index (χ1v) is 11.8. The summed E-state index contributed by atoms with van der Waals surface area (Å²) in [6.45, 7) is 4.32. The third kappa shape index (κ3) is 6.19. The monoisotopic (exact) mass is 507 g/mol. The maximum atomic E-state index is 12.6. The molecule has 0 radical (unpaired) electrons. The molecule has 3 rings (SSSR count). The van der Waals surface area contributed by atoms with Gasteiger partial charge in [0.1, 0.15) is 5.75 Å². The van der Waals surface area contributed by atoms with Gasteiger partial charge in [-0.2, -0.15) is 0 Å². The van der Waals surface area contributed by atoms with Gasteiger partial charge in [-0.1, -0.05) is 47.1 Å². The minimum atomic E-state index is -0.437. The molecule has 0 saturated heterocycles. The Labute approximate surface area is 206 Å². The highest BCUT2D eigenvalue weighted by Gasteiger charge is 2.21. The molecule has 0 spiro atoms. The van der Waals surface area contributed by atoms with E-state index in [0.29, 0.717) is 39.5 Å². The predicted molar refractivity (Wildman–Crippen MR) is 130 cm³/mol. The van der Waals surface area contributed by atoms with Gasteiger partial charge in [-0.3, -0.25) is 9.59 Å². The lowest BCUT2D eigenvalue weighted by Gasteiger charge is -2.15. The summed E-state index contributed by atoms with van der Waals surface area (Å²) >= 11 is 13.3. The number of anilines is 1. The second kappa shape index (κ2) is 11.4. The Morgan fingerprint density at radius 1 is 1.18 bits per heavy atom. The van der Waals surface area contributed by atoms with E-state index in [4.69, 9.17) is 27.9 Å². The highest BCUT2D eigenvalue weighted by molar-refractivity contribution is 7.99. The molecule has 1 aromatic heterocycles. The highest BCUT2D eigenvalue weighted by atomic mass is 35.5. The quantitative estimate of drug-likeness (QED) is 0.402. The molecule has 3 aromatic rings. The molecule has 0 saturated carbocycles. The average Bonchev–Trinajstić information content (AvgIpc) is 3.21. The molecular formula is C22H23Cl2N5O3S. The molecule has 33 heavy (non-hydrogen) atoms. The zero-order valence-corrected chi connectivity index (χ0v) is 20.6. The van der Waals surface area contributed by atoms with Crippen molar-refractivity contribution >= 4 is 52.5 Å². The number of hydrogen-bond acceptors (Lipinski definition) is 6. The lowest BCUT2D eigenvalue weighted by Crippen LogP contribution is -2.29. The van der Waals surface area contributed by atoms with Crippen LogP contribution in [0.2, 0.25) is 10.0 Å². The van der Waals surface area contributed by atoms with Crippen LogP contribution in [0.1, 0.15) is 36.1 Å². The van der Waals surface area contributed by atoms with Gasteiger partial charge in [-0.25, -0.2) is 0 Å². The fourth-order valence-corrected chi connectivity index (χ4v) is 4.40. The van der Waals surface area contributed by atoms with E-state index in [-0.39, 0.29) is 22.6 Å². The van der Waals surface area contributed by atoms with E-state index in [1.807, 2.05) is 23.6 Å². The number of carbonyl (C=O) groups excluding carboxylic acids is 2. The maximum absolute atomic E-state index is 12.6. The lowest BCUT2D eigenvalue weighted by molar-refractivity contribution is -0.113.